The molecule has 1 aromatic carbocycles. The molecular formula is C21H28N4O. The highest BCUT2D eigenvalue weighted by atomic mass is 16.3. The molecule has 0 saturated carbocycles. The first-order chi connectivity index (χ1) is 12.7. The van der Waals surface area contributed by atoms with E-state index in [1.54, 1.807) is 0 Å². The standard InChI is InChI=1S/C21H28N4O/c1-21(15-26)10-5-13-25(14-21)20-17-8-11-22-12-9-18(17)23-19(24-20)16-6-3-2-4-7-16/h2-4,6-7,22,26H,5,8-15H2,1H3. The Labute approximate surface area is 155 Å². The number of aliphatic hydroxyl groups excluding tert-OH is 1. The van der Waals surface area contributed by atoms with Crippen molar-refractivity contribution in [3.8, 4) is 11.4 Å². The second-order valence-corrected chi connectivity index (χ2v) is 7.91. The van der Waals surface area contributed by atoms with Crippen LogP contribution >= 0.6 is 0 Å². The van der Waals surface area contributed by atoms with Crippen molar-refractivity contribution in [1.82, 2.24) is 15.3 Å². The van der Waals surface area contributed by atoms with E-state index >= 15 is 0 Å². The maximum absolute atomic E-state index is 9.86. The van der Waals surface area contributed by atoms with Gasteiger partial charge in [0.05, 0.1) is 12.3 Å². The molecule has 0 aliphatic carbocycles. The predicted octanol–water partition coefficient (Wildman–Crippen LogP) is 2.43. The van der Waals surface area contributed by atoms with Crippen molar-refractivity contribution in [3.05, 3.63) is 41.6 Å². The summed E-state index contributed by atoms with van der Waals surface area (Å²) in [6, 6.07) is 10.3. The molecule has 0 bridgehead atoms. The lowest BCUT2D eigenvalue weighted by Gasteiger charge is -2.40. The summed E-state index contributed by atoms with van der Waals surface area (Å²) >= 11 is 0. The molecule has 138 valence electrons. The van der Waals surface area contributed by atoms with Gasteiger partial charge >= 0.3 is 0 Å². The number of rotatable bonds is 3. The summed E-state index contributed by atoms with van der Waals surface area (Å²) in [6.07, 6.45) is 4.07. The zero-order chi connectivity index (χ0) is 18.0. The van der Waals surface area contributed by atoms with E-state index in [2.05, 4.69) is 29.3 Å². The van der Waals surface area contributed by atoms with E-state index in [1.165, 1.54) is 11.3 Å². The van der Waals surface area contributed by atoms with E-state index in [-0.39, 0.29) is 12.0 Å². The average Bonchev–Trinajstić information content (AvgIpc) is 2.93. The molecule has 26 heavy (non-hydrogen) atoms. The zero-order valence-corrected chi connectivity index (χ0v) is 15.5. The van der Waals surface area contributed by atoms with Gasteiger partial charge in [0.15, 0.2) is 5.82 Å². The van der Waals surface area contributed by atoms with Gasteiger partial charge in [-0.3, -0.25) is 0 Å². The van der Waals surface area contributed by atoms with Crippen LogP contribution in [0.1, 0.15) is 31.0 Å². The average molecular weight is 352 g/mol. The summed E-state index contributed by atoms with van der Waals surface area (Å²) < 4.78 is 0. The number of nitrogens with one attached hydrogen (secondary N) is 1. The molecule has 2 aliphatic heterocycles. The summed E-state index contributed by atoms with van der Waals surface area (Å²) in [4.78, 5) is 12.3. The number of anilines is 1. The molecule has 4 rings (SSSR count). The molecule has 2 N–H and O–H groups in total. The molecule has 0 spiro atoms. The van der Waals surface area contributed by atoms with E-state index in [0.717, 1.165) is 69.1 Å². The normalized spacial score (nSPS) is 23.4. The summed E-state index contributed by atoms with van der Waals surface area (Å²) in [5, 5.41) is 13.3. The zero-order valence-electron chi connectivity index (χ0n) is 15.5. The third-order valence-corrected chi connectivity index (χ3v) is 5.66. The van der Waals surface area contributed by atoms with Crippen LogP contribution in [0.2, 0.25) is 0 Å². The number of benzene rings is 1. The fraction of sp³-hybridized carbons (Fsp3) is 0.524. The van der Waals surface area contributed by atoms with Crippen LogP contribution in [0.15, 0.2) is 30.3 Å². The smallest absolute Gasteiger partial charge is 0.161 e. The van der Waals surface area contributed by atoms with Gasteiger partial charge in [-0.25, -0.2) is 9.97 Å². The second-order valence-electron chi connectivity index (χ2n) is 7.91. The lowest BCUT2D eigenvalue weighted by atomic mass is 9.82. The minimum absolute atomic E-state index is 0.0496. The number of piperidine rings is 1. The Hall–Kier alpha value is -1.98. The lowest BCUT2D eigenvalue weighted by Crippen LogP contribution is -2.44. The van der Waals surface area contributed by atoms with Gasteiger partial charge in [0.2, 0.25) is 0 Å². The maximum Gasteiger partial charge on any atom is 0.161 e. The number of aliphatic hydroxyl groups is 1. The number of nitrogens with zero attached hydrogens (tertiary/aromatic N) is 3. The second kappa shape index (κ2) is 7.33. The Kier molecular flexibility index (Phi) is 4.92. The minimum atomic E-state index is -0.0496. The Morgan fingerprint density at radius 1 is 1.15 bits per heavy atom. The summed E-state index contributed by atoms with van der Waals surface area (Å²) in [5.41, 5.74) is 3.48. The quantitative estimate of drug-likeness (QED) is 0.888. The predicted molar refractivity (Wildman–Crippen MR) is 104 cm³/mol. The summed E-state index contributed by atoms with van der Waals surface area (Å²) in [6.45, 7) is 6.20. The molecule has 1 unspecified atom stereocenters. The molecular weight excluding hydrogens is 324 g/mol. The minimum Gasteiger partial charge on any atom is -0.396 e. The molecule has 1 saturated heterocycles. The fourth-order valence-corrected chi connectivity index (χ4v) is 4.13. The van der Waals surface area contributed by atoms with Crippen LogP contribution in [0.4, 0.5) is 5.82 Å². The third kappa shape index (κ3) is 3.46. The first kappa shape index (κ1) is 17.4. The first-order valence-electron chi connectivity index (χ1n) is 9.70. The molecule has 0 amide bonds. The summed E-state index contributed by atoms with van der Waals surface area (Å²) in [7, 11) is 0. The van der Waals surface area contributed by atoms with Crippen LogP contribution in [0.25, 0.3) is 11.4 Å². The van der Waals surface area contributed by atoms with Crippen molar-refractivity contribution in [2.75, 3.05) is 37.7 Å². The number of hydrogen-bond acceptors (Lipinski definition) is 5. The van der Waals surface area contributed by atoms with Crippen molar-refractivity contribution in [3.63, 3.8) is 0 Å². The first-order valence-corrected chi connectivity index (χ1v) is 9.70. The van der Waals surface area contributed by atoms with Crippen LogP contribution in [0, 0.1) is 5.41 Å². The monoisotopic (exact) mass is 352 g/mol. The van der Waals surface area contributed by atoms with E-state index < -0.39 is 0 Å². The van der Waals surface area contributed by atoms with Gasteiger partial charge in [-0.2, -0.15) is 0 Å². The third-order valence-electron chi connectivity index (χ3n) is 5.66. The largest absolute Gasteiger partial charge is 0.396 e. The molecule has 1 atom stereocenters. The molecule has 5 heteroatoms. The molecule has 5 nitrogen and oxygen atoms in total. The van der Waals surface area contributed by atoms with Crippen LogP contribution in [0.3, 0.4) is 0 Å². The highest BCUT2D eigenvalue weighted by Gasteiger charge is 2.33. The van der Waals surface area contributed by atoms with Gasteiger partial charge in [-0.05, 0) is 25.8 Å². The van der Waals surface area contributed by atoms with Crippen molar-refractivity contribution in [2.45, 2.75) is 32.6 Å². The van der Waals surface area contributed by atoms with E-state index in [4.69, 9.17) is 9.97 Å². The highest BCUT2D eigenvalue weighted by Crippen LogP contribution is 2.34. The van der Waals surface area contributed by atoms with E-state index in [1.807, 2.05) is 18.2 Å². The number of fused-ring (bicyclic) bond motifs is 1. The van der Waals surface area contributed by atoms with E-state index in [0.29, 0.717) is 0 Å². The van der Waals surface area contributed by atoms with Gasteiger partial charge < -0.3 is 15.3 Å². The Morgan fingerprint density at radius 3 is 2.77 bits per heavy atom. The Bertz CT molecular complexity index is 764. The molecule has 1 fully saturated rings. The van der Waals surface area contributed by atoms with Gasteiger partial charge in [0.25, 0.3) is 0 Å². The van der Waals surface area contributed by atoms with Crippen LogP contribution in [-0.2, 0) is 12.8 Å². The Morgan fingerprint density at radius 2 is 1.96 bits per heavy atom. The van der Waals surface area contributed by atoms with Crippen LogP contribution < -0.4 is 10.2 Å². The maximum atomic E-state index is 9.86. The van der Waals surface area contributed by atoms with Gasteiger partial charge in [-0.15, -0.1) is 0 Å². The molecule has 0 radical (unpaired) electrons. The molecule has 3 heterocycles. The lowest BCUT2D eigenvalue weighted by molar-refractivity contribution is 0.123. The molecule has 2 aliphatic rings. The highest BCUT2D eigenvalue weighted by molar-refractivity contribution is 5.61. The Balaban J connectivity index is 1.79. The van der Waals surface area contributed by atoms with Crippen molar-refractivity contribution >= 4 is 5.82 Å². The van der Waals surface area contributed by atoms with Crippen molar-refractivity contribution in [2.24, 2.45) is 5.41 Å². The fourth-order valence-electron chi connectivity index (χ4n) is 4.13. The topological polar surface area (TPSA) is 61.3 Å². The SMILES string of the molecule is CC1(CO)CCCN(c2nc(-c3ccccc3)nc3c2CCNCC3)C1. The number of aromatic nitrogens is 2. The summed E-state index contributed by atoms with van der Waals surface area (Å²) in [5.74, 6) is 1.90. The van der Waals surface area contributed by atoms with Gasteiger partial charge in [0, 0.05) is 42.6 Å². The van der Waals surface area contributed by atoms with Gasteiger partial charge in [-0.1, -0.05) is 37.3 Å². The van der Waals surface area contributed by atoms with Crippen LogP contribution in [0.5, 0.6) is 0 Å². The number of hydrogen-bond donors (Lipinski definition) is 2. The van der Waals surface area contributed by atoms with Crippen molar-refractivity contribution in [1.29, 1.82) is 0 Å². The molecule has 2 aromatic rings. The van der Waals surface area contributed by atoms with Gasteiger partial charge in [0.1, 0.15) is 5.82 Å². The van der Waals surface area contributed by atoms with Crippen molar-refractivity contribution < 1.29 is 5.11 Å². The van der Waals surface area contributed by atoms with E-state index in [9.17, 15) is 5.11 Å². The van der Waals surface area contributed by atoms with Crippen LogP contribution in [-0.4, -0.2) is 47.9 Å². The molecule has 1 aromatic heterocycles.